The summed E-state index contributed by atoms with van der Waals surface area (Å²) in [4.78, 5) is 38.2. The lowest BCUT2D eigenvalue weighted by molar-refractivity contribution is -0.118. The first kappa shape index (κ1) is 28.3. The van der Waals surface area contributed by atoms with Crippen molar-refractivity contribution in [2.75, 3.05) is 44.6 Å². The van der Waals surface area contributed by atoms with E-state index in [2.05, 4.69) is 32.9 Å². The van der Waals surface area contributed by atoms with Crippen LogP contribution in [-0.2, 0) is 4.79 Å². The Bertz CT molecular complexity index is 1240. The summed E-state index contributed by atoms with van der Waals surface area (Å²) in [5.74, 6) is 2.46. The van der Waals surface area contributed by atoms with E-state index in [0.29, 0.717) is 37.4 Å². The van der Waals surface area contributed by atoms with Gasteiger partial charge in [0.25, 0.3) is 11.8 Å². The highest BCUT2D eigenvalue weighted by Crippen LogP contribution is 2.31. The number of carbonyl (C=O) groups excluding carboxylic acids is 2. The van der Waals surface area contributed by atoms with Gasteiger partial charge in [-0.25, -0.2) is 13.8 Å². The highest BCUT2D eigenvalue weighted by atomic mass is 19.3. The van der Waals surface area contributed by atoms with Crippen LogP contribution in [0.4, 0.5) is 14.5 Å². The predicted molar refractivity (Wildman–Crippen MR) is 150 cm³/mol. The van der Waals surface area contributed by atoms with Crippen LogP contribution in [0.25, 0.3) is 0 Å². The van der Waals surface area contributed by atoms with E-state index in [0.717, 1.165) is 42.7 Å². The number of allylic oxidation sites excluding steroid dienone is 3. The molecule has 2 saturated heterocycles. The largest absolute Gasteiger partial charge is 0.337 e. The van der Waals surface area contributed by atoms with Crippen molar-refractivity contribution in [2.45, 2.75) is 44.6 Å². The van der Waals surface area contributed by atoms with Crippen molar-refractivity contribution in [2.24, 2.45) is 22.7 Å². The Balaban J connectivity index is 1.24. The predicted octanol–water partition coefficient (Wildman–Crippen LogP) is 2.95. The molecule has 4 heterocycles. The third-order valence-corrected chi connectivity index (χ3v) is 8.10. The van der Waals surface area contributed by atoms with Crippen molar-refractivity contribution < 1.29 is 18.4 Å². The van der Waals surface area contributed by atoms with E-state index >= 15 is 0 Å². The van der Waals surface area contributed by atoms with Gasteiger partial charge >= 0.3 is 0 Å². The molecule has 11 heteroatoms. The first-order valence-corrected chi connectivity index (χ1v) is 14.0. The van der Waals surface area contributed by atoms with Crippen LogP contribution >= 0.6 is 0 Å². The summed E-state index contributed by atoms with van der Waals surface area (Å²) in [5.41, 5.74) is 6.38. The Kier molecular flexibility index (Phi) is 8.53. The zero-order valence-corrected chi connectivity index (χ0v) is 22.8. The number of alkyl halides is 2. The average Bonchev–Trinajstić information content (AvgIpc) is 3.62. The van der Waals surface area contributed by atoms with E-state index in [-0.39, 0.29) is 36.7 Å². The number of pyridine rings is 1. The first-order chi connectivity index (χ1) is 19.2. The quantitative estimate of drug-likeness (QED) is 0.337. The SMILES string of the molecule is CC(C(=O)Nc1ccc(C(=O)N2CCCC2)nc1)C1=CC(C2=CC(CN3CCC(F)(F)C3)CN=C2)=CCC1NN. The zero-order valence-electron chi connectivity index (χ0n) is 22.8. The third kappa shape index (κ3) is 6.54. The normalized spacial score (nSPS) is 25.3. The number of hydrogen-bond acceptors (Lipinski definition) is 7. The van der Waals surface area contributed by atoms with Gasteiger partial charge in [0.2, 0.25) is 5.91 Å². The van der Waals surface area contributed by atoms with Crippen molar-refractivity contribution in [3.05, 3.63) is 59.0 Å². The summed E-state index contributed by atoms with van der Waals surface area (Å²) in [5, 5.41) is 2.90. The molecular weight excluding hydrogens is 516 g/mol. The van der Waals surface area contributed by atoms with E-state index < -0.39 is 11.8 Å². The molecule has 2 amide bonds. The molecule has 3 aliphatic heterocycles. The first-order valence-electron chi connectivity index (χ1n) is 14.0. The maximum Gasteiger partial charge on any atom is 0.272 e. The van der Waals surface area contributed by atoms with Crippen molar-refractivity contribution in [3.8, 4) is 0 Å². The lowest BCUT2D eigenvalue weighted by Gasteiger charge is -2.28. The second-order valence-corrected chi connectivity index (χ2v) is 11.1. The number of likely N-dealkylation sites (tertiary alicyclic amines) is 2. The molecule has 5 rings (SSSR count). The van der Waals surface area contributed by atoms with Crippen LogP contribution in [-0.4, -0.2) is 84.0 Å². The third-order valence-electron chi connectivity index (χ3n) is 8.10. The number of nitrogens with two attached hydrogens (primary N) is 1. The number of amides is 2. The summed E-state index contributed by atoms with van der Waals surface area (Å²) < 4.78 is 27.3. The Morgan fingerprint density at radius 3 is 2.67 bits per heavy atom. The minimum atomic E-state index is -2.61. The highest BCUT2D eigenvalue weighted by Gasteiger charge is 2.38. The zero-order chi connectivity index (χ0) is 28.3. The van der Waals surface area contributed by atoms with Gasteiger partial charge in [0.1, 0.15) is 5.69 Å². The minimum Gasteiger partial charge on any atom is -0.337 e. The molecule has 0 spiro atoms. The molecule has 0 saturated carbocycles. The molecule has 0 bridgehead atoms. The molecule has 9 nitrogen and oxygen atoms in total. The molecule has 3 unspecified atom stereocenters. The van der Waals surface area contributed by atoms with Crippen LogP contribution in [0.15, 0.2) is 58.3 Å². The van der Waals surface area contributed by atoms with E-state index in [1.54, 1.807) is 21.9 Å². The summed E-state index contributed by atoms with van der Waals surface area (Å²) in [6, 6.07) is 3.12. The molecule has 40 heavy (non-hydrogen) atoms. The Hall–Kier alpha value is -3.28. The number of rotatable bonds is 8. The lowest BCUT2D eigenvalue weighted by atomic mass is 9.83. The number of anilines is 1. The van der Waals surface area contributed by atoms with Crippen LogP contribution < -0.4 is 16.6 Å². The average molecular weight is 554 g/mol. The minimum absolute atomic E-state index is 0.0468. The van der Waals surface area contributed by atoms with E-state index in [1.807, 2.05) is 19.2 Å². The van der Waals surface area contributed by atoms with E-state index in [1.165, 1.54) is 6.20 Å². The van der Waals surface area contributed by atoms with Crippen LogP contribution in [0.5, 0.6) is 0 Å². The van der Waals surface area contributed by atoms with Gasteiger partial charge in [-0.05, 0) is 55.0 Å². The fourth-order valence-corrected chi connectivity index (χ4v) is 5.80. The molecule has 4 aliphatic rings. The highest BCUT2D eigenvalue weighted by molar-refractivity contribution is 5.96. The molecule has 0 radical (unpaired) electrons. The second kappa shape index (κ2) is 12.1. The fourth-order valence-electron chi connectivity index (χ4n) is 5.80. The molecule has 1 aromatic heterocycles. The molecule has 1 aliphatic carbocycles. The van der Waals surface area contributed by atoms with Crippen molar-refractivity contribution >= 4 is 23.7 Å². The number of dihydropyridines is 1. The standard InChI is InChI=1S/C29H37F2N7O2/c1-19(27(39)35-23-5-7-26(34-16-23)28(40)38-9-2-3-10-38)24-13-21(4-6-25(24)36-32)22-12-20(14-33-15-22)17-37-11-8-29(30,31)18-37/h4-5,7,12-13,15-16,19-20,25,36H,2-3,6,8-11,14,17-18,32H2,1H3,(H,35,39). The van der Waals surface area contributed by atoms with Gasteiger partial charge in [0.05, 0.1) is 24.3 Å². The van der Waals surface area contributed by atoms with Gasteiger partial charge in [-0.1, -0.05) is 18.2 Å². The summed E-state index contributed by atoms with van der Waals surface area (Å²) in [7, 11) is 0. The van der Waals surface area contributed by atoms with Crippen molar-refractivity contribution in [1.82, 2.24) is 20.2 Å². The van der Waals surface area contributed by atoms with Gasteiger partial charge in [-0.15, -0.1) is 0 Å². The number of nitrogens with one attached hydrogen (secondary N) is 2. The summed E-state index contributed by atoms with van der Waals surface area (Å²) in [6.45, 7) is 4.63. The molecular formula is C29H37F2N7O2. The lowest BCUT2D eigenvalue weighted by Crippen LogP contribution is -2.41. The number of hydrazine groups is 1. The molecule has 2 fully saturated rings. The molecule has 214 valence electrons. The summed E-state index contributed by atoms with van der Waals surface area (Å²) in [6.07, 6.45) is 12.0. The maximum atomic E-state index is 13.6. The molecule has 1 aromatic rings. The Morgan fingerprint density at radius 2 is 2.00 bits per heavy atom. The Labute approximate surface area is 233 Å². The van der Waals surface area contributed by atoms with E-state index in [4.69, 9.17) is 5.84 Å². The fraction of sp³-hybridized carbons (Fsp3) is 0.517. The van der Waals surface area contributed by atoms with Crippen LogP contribution in [0, 0.1) is 11.8 Å². The van der Waals surface area contributed by atoms with Gasteiger partial charge in [-0.3, -0.25) is 30.7 Å². The summed E-state index contributed by atoms with van der Waals surface area (Å²) >= 11 is 0. The topological polar surface area (TPSA) is 116 Å². The number of aromatic nitrogens is 1. The van der Waals surface area contributed by atoms with Gasteiger partial charge in [0.15, 0.2) is 0 Å². The van der Waals surface area contributed by atoms with Gasteiger partial charge < -0.3 is 10.2 Å². The van der Waals surface area contributed by atoms with Gasteiger partial charge in [0, 0.05) is 57.3 Å². The number of hydrogen-bond donors (Lipinski definition) is 3. The monoisotopic (exact) mass is 553 g/mol. The number of carbonyl (C=O) groups is 2. The van der Waals surface area contributed by atoms with Crippen LogP contribution in [0.1, 0.15) is 43.1 Å². The van der Waals surface area contributed by atoms with Crippen LogP contribution in [0.3, 0.4) is 0 Å². The van der Waals surface area contributed by atoms with Gasteiger partial charge in [-0.2, -0.15) is 0 Å². The smallest absolute Gasteiger partial charge is 0.272 e. The van der Waals surface area contributed by atoms with Crippen molar-refractivity contribution in [3.63, 3.8) is 0 Å². The molecule has 4 N–H and O–H groups in total. The number of halogens is 2. The maximum absolute atomic E-state index is 13.6. The molecule has 3 atom stereocenters. The van der Waals surface area contributed by atoms with E-state index in [9.17, 15) is 18.4 Å². The number of aliphatic imine (C=N–C) groups is 1. The van der Waals surface area contributed by atoms with Crippen LogP contribution in [0.2, 0.25) is 0 Å². The molecule has 0 aromatic carbocycles. The second-order valence-electron chi connectivity index (χ2n) is 11.1. The van der Waals surface area contributed by atoms with Crippen molar-refractivity contribution in [1.29, 1.82) is 0 Å². The Morgan fingerprint density at radius 1 is 1.20 bits per heavy atom. The number of nitrogens with zero attached hydrogens (tertiary/aromatic N) is 4.